The summed E-state index contributed by atoms with van der Waals surface area (Å²) in [6.45, 7) is 18.9. The number of ether oxygens (including phenoxy) is 6. The summed E-state index contributed by atoms with van der Waals surface area (Å²) < 4.78 is 60.9. The van der Waals surface area contributed by atoms with Crippen molar-refractivity contribution in [1.29, 1.82) is 5.26 Å². The third kappa shape index (κ3) is 26.4. The monoisotopic (exact) mass is 1720 g/mol. The van der Waals surface area contributed by atoms with Crippen LogP contribution in [0.2, 0.25) is 25.7 Å². The predicted molar refractivity (Wildman–Crippen MR) is 460 cm³/mol. The van der Waals surface area contributed by atoms with Crippen LogP contribution in [0.1, 0.15) is 134 Å². The molecule has 9 rings (SSSR count). The van der Waals surface area contributed by atoms with E-state index in [1.165, 1.54) is 52.4 Å². The Bertz CT molecular complexity index is 5050. The maximum absolute atomic E-state index is 15.0. The van der Waals surface area contributed by atoms with Crippen molar-refractivity contribution in [2.45, 2.75) is 155 Å². The quantitative estimate of drug-likeness (QED) is 0.00724. The Balaban J connectivity index is 0.000000349. The Kier molecular flexibility index (Phi) is 34.8. The van der Waals surface area contributed by atoms with E-state index in [0.29, 0.717) is 34.9 Å². The number of Topliss-reactive ketones (excluding diaryl/α,β-unsaturated/α-hetero) is 4. The molecule has 8 bridgehead atoms. The normalized spacial score (nSPS) is 17.2. The number of nitrogens with zero attached hydrogens (tertiary/aromatic N) is 5. The number of benzene rings is 6. The molecule has 2 aliphatic rings. The lowest BCUT2D eigenvalue weighted by Gasteiger charge is -2.32. The molecular formula is C87H111N11O20S2Si. The van der Waals surface area contributed by atoms with Crippen LogP contribution in [0, 0.1) is 42.9 Å². The minimum Gasteiger partial charge on any atom is -0.507 e. The number of aryl methyl sites for hydroxylation is 2. The SMILES string of the molecule is COC(=O)[C@@H]1Cc2ccc(O)c(c2)-c2cc(cc(O)c2OCOCC[Si](C)(C)C)[C@H](N(C)C(=O)OCc2ccccc2)C(=O)C[C@@H](C)C(=O)N1.Cc1nc(-c2ccc(C(C)(C)C)cc2)nc(C)c1C(=O)C[C@@H](CNS(N)(=O)=O)C(=O)N(C)[C@@H]1C(=O)C[C@@H](C)C(=O)N[C@H](C(=O)CCC#N)Cc2ccc(OCCN)c(c2)-c2cc1cc(OCCN)c2O.S. The lowest BCUT2D eigenvalue weighted by Crippen LogP contribution is -2.46. The Morgan fingerprint density at radius 1 is 0.694 bits per heavy atom. The number of aromatic hydroxyl groups is 3. The molecule has 12 N–H and O–H groups in total. The number of rotatable bonds is 28. The fourth-order valence-corrected chi connectivity index (χ4v) is 15.1. The maximum Gasteiger partial charge on any atom is 0.410 e. The molecular weight excluding hydrogens is 1610 g/mol. The summed E-state index contributed by atoms with van der Waals surface area (Å²) in [5.41, 5.74) is 17.0. The highest BCUT2D eigenvalue weighted by molar-refractivity contribution is 7.87. The molecule has 0 spiro atoms. The molecule has 0 unspecified atom stereocenters. The van der Waals surface area contributed by atoms with Crippen LogP contribution in [0.15, 0.2) is 115 Å². The Hall–Kier alpha value is -11.2. The summed E-state index contributed by atoms with van der Waals surface area (Å²) in [6.07, 6.45) is -2.49. The number of nitrogens with one attached hydrogen (secondary N) is 3. The van der Waals surface area contributed by atoms with Gasteiger partial charge >= 0.3 is 12.1 Å². The molecule has 2 aliphatic heterocycles. The molecule has 6 aromatic carbocycles. The molecule has 0 saturated heterocycles. The van der Waals surface area contributed by atoms with Gasteiger partial charge in [-0.15, -0.1) is 0 Å². The summed E-state index contributed by atoms with van der Waals surface area (Å²) in [6, 6.07) is 29.7. The third-order valence-electron chi connectivity index (χ3n) is 20.4. The zero-order valence-electron chi connectivity index (χ0n) is 70.5. The highest BCUT2D eigenvalue weighted by Crippen LogP contribution is 2.48. The number of carbonyl (C=O) groups is 9. The second-order valence-electron chi connectivity index (χ2n) is 32.1. The van der Waals surface area contributed by atoms with Gasteiger partial charge in [-0.2, -0.15) is 27.2 Å². The fraction of sp³-hybridized carbons (Fsp3) is 0.425. The van der Waals surface area contributed by atoms with Crippen LogP contribution in [0.3, 0.4) is 0 Å². The van der Waals surface area contributed by atoms with Gasteiger partial charge in [0.05, 0.1) is 42.1 Å². The lowest BCUT2D eigenvalue weighted by molar-refractivity contribution is -0.145. The number of ketones is 4. The van der Waals surface area contributed by atoms with Gasteiger partial charge in [-0.05, 0) is 114 Å². The standard InChI is InChI=1S/C50H63N9O10S.C37H46N2O10Si.H2S/c1-28-21-41(62)45(59(7)49(65)34(27-55-70(54,66)67)25-40(61)44-29(2)56-47(57-30(44)3)32-11-13-35(14-12-32)50(4,5)6)33-24-37(46(63)43(26-33)69-20-18-53)36-22-31(10-15-42(36)68-19-17-52)23-38(58-48(28)64)39(60)9-8-16-51;1-23-16-31(41)33(39(2)37(45)48-21-24-10-8-7-9-11-24)26-19-28(34(32(42)20-26)49-22-47-14-15-50(4,5)6)27-17-25(12-13-30(27)40)18-29(36(44)46-3)38-35(23)43;/h10-15,22,24,26,28,34,38,45,55,63H,8-9,17-21,23,25,27,52-53H2,1-7H3,(H,58,64)(H2,54,66,67);7-13,17,19-20,23,29,33,40,42H,14-16,18,21-22H2,1-6H3,(H,38,43);1H2/t28-,34+,38+,45+;23-,29+,33+;/m11./s1. The van der Waals surface area contributed by atoms with Gasteiger partial charge in [0.25, 0.3) is 10.2 Å². The highest BCUT2D eigenvalue weighted by atomic mass is 32.2. The van der Waals surface area contributed by atoms with Crippen LogP contribution in [0.5, 0.6) is 34.5 Å². The van der Waals surface area contributed by atoms with Gasteiger partial charge in [0.15, 0.2) is 58.7 Å². The number of aromatic nitrogens is 2. The van der Waals surface area contributed by atoms with E-state index in [0.717, 1.165) is 32.5 Å². The van der Waals surface area contributed by atoms with Crippen molar-refractivity contribution in [2.75, 3.05) is 67.5 Å². The molecule has 7 atom stereocenters. The van der Waals surface area contributed by atoms with Gasteiger partial charge < -0.3 is 70.7 Å². The molecule has 3 heterocycles. The molecule has 1 aromatic heterocycles. The topological polar surface area (TPSA) is 474 Å². The molecule has 4 amide bonds. The number of likely N-dealkylation sites (N-methyl/N-ethyl adjacent to an activating group) is 2. The first-order valence-electron chi connectivity index (χ1n) is 39.3. The van der Waals surface area contributed by atoms with E-state index in [4.69, 9.17) is 45.0 Å². The average molecular weight is 1720 g/mol. The molecule has 0 saturated carbocycles. The van der Waals surface area contributed by atoms with Crippen LogP contribution in [0.4, 0.5) is 4.79 Å². The Morgan fingerprint density at radius 3 is 1.83 bits per heavy atom. The first kappa shape index (κ1) is 97.0. The maximum atomic E-state index is 15.0. The van der Waals surface area contributed by atoms with Gasteiger partial charge in [-0.1, -0.05) is 121 Å². The van der Waals surface area contributed by atoms with Crippen molar-refractivity contribution in [3.05, 3.63) is 166 Å². The Labute approximate surface area is 713 Å². The zero-order valence-corrected chi connectivity index (χ0v) is 73.3. The number of fused-ring (bicyclic) bond motifs is 10. The van der Waals surface area contributed by atoms with E-state index in [9.17, 15) is 72.2 Å². The zero-order chi connectivity index (χ0) is 88.3. The minimum absolute atomic E-state index is 0. The first-order chi connectivity index (χ1) is 56.6. The molecule has 0 aliphatic carbocycles. The van der Waals surface area contributed by atoms with Crippen LogP contribution in [-0.4, -0.2) is 184 Å². The van der Waals surface area contributed by atoms with Gasteiger partial charge in [-0.25, -0.2) is 29.4 Å². The number of nitriles is 1. The predicted octanol–water partition coefficient (Wildman–Crippen LogP) is 9.48. The van der Waals surface area contributed by atoms with Crippen LogP contribution in [0.25, 0.3) is 33.6 Å². The van der Waals surface area contributed by atoms with Crippen molar-refractivity contribution < 1.29 is 95.3 Å². The van der Waals surface area contributed by atoms with Crippen molar-refractivity contribution in [1.82, 2.24) is 35.1 Å². The summed E-state index contributed by atoms with van der Waals surface area (Å²) in [5, 5.41) is 54.5. The molecule has 0 radical (unpaired) electrons. The van der Waals surface area contributed by atoms with Gasteiger partial charge in [0, 0.05) is 127 Å². The number of phenolic OH excluding ortho intramolecular Hbond substituents is 3. The number of esters is 1. The number of hydrogen-bond acceptors (Lipinski definition) is 25. The highest BCUT2D eigenvalue weighted by Gasteiger charge is 2.40. The van der Waals surface area contributed by atoms with Crippen molar-refractivity contribution in [3.63, 3.8) is 0 Å². The molecule has 31 nitrogen and oxygen atoms in total. The first-order valence-corrected chi connectivity index (χ1v) is 44.6. The van der Waals surface area contributed by atoms with E-state index in [2.05, 4.69) is 65.7 Å². The van der Waals surface area contributed by atoms with E-state index in [1.807, 2.05) is 36.4 Å². The largest absolute Gasteiger partial charge is 0.507 e. The fourth-order valence-electron chi connectivity index (χ4n) is 13.9. The van der Waals surface area contributed by atoms with E-state index >= 15 is 0 Å². The summed E-state index contributed by atoms with van der Waals surface area (Å²) in [4.78, 5) is 137. The lowest BCUT2D eigenvalue weighted by atomic mass is 9.86. The van der Waals surface area contributed by atoms with Gasteiger partial charge in [0.2, 0.25) is 17.7 Å². The molecule has 650 valence electrons. The number of hydrogen-bond donors (Lipinski definition) is 9. The summed E-state index contributed by atoms with van der Waals surface area (Å²) in [7, 11) is -1.92. The van der Waals surface area contributed by atoms with Gasteiger partial charge in [0.1, 0.15) is 49.4 Å². The van der Waals surface area contributed by atoms with Crippen LogP contribution in [-0.2, 0) is 82.8 Å². The van der Waals surface area contributed by atoms with E-state index in [-0.39, 0.29) is 164 Å². The molecule has 0 fully saturated rings. The number of nitrogens with two attached hydrogens (primary N) is 3. The van der Waals surface area contributed by atoms with E-state index < -0.39 is 133 Å². The second-order valence-corrected chi connectivity index (χ2v) is 39.1. The minimum atomic E-state index is -4.42. The second kappa shape index (κ2) is 43.4. The molecule has 34 heteroatoms. The van der Waals surface area contributed by atoms with Crippen molar-refractivity contribution in [3.8, 4) is 74.2 Å². The summed E-state index contributed by atoms with van der Waals surface area (Å²) >= 11 is 0. The number of phenols is 3. The number of methoxy groups -OCH3 is 1. The van der Waals surface area contributed by atoms with Crippen molar-refractivity contribution in [2.24, 2.45) is 34.4 Å². The third-order valence-corrected chi connectivity index (χ3v) is 22.7. The number of carbonyl (C=O) groups excluding carboxylic acids is 9. The van der Waals surface area contributed by atoms with Crippen molar-refractivity contribution >= 4 is 84.7 Å². The smallest absolute Gasteiger partial charge is 0.410 e. The molecule has 7 aromatic rings. The van der Waals surface area contributed by atoms with Crippen LogP contribution < -0.4 is 46.2 Å². The Morgan fingerprint density at radius 2 is 1.26 bits per heavy atom. The average Bonchev–Trinajstić information content (AvgIpc) is 0.773. The molecule has 121 heavy (non-hydrogen) atoms. The van der Waals surface area contributed by atoms with Crippen LogP contribution >= 0.6 is 13.5 Å². The van der Waals surface area contributed by atoms with Gasteiger partial charge in [-0.3, -0.25) is 38.5 Å². The summed E-state index contributed by atoms with van der Waals surface area (Å²) in [5.74, 6) is -8.98. The van der Waals surface area contributed by atoms with E-state index in [1.54, 1.807) is 81.4 Å². The number of amides is 4.